The summed E-state index contributed by atoms with van der Waals surface area (Å²) in [5.74, 6) is -0.645. The number of nitro groups is 1. The third-order valence-corrected chi connectivity index (χ3v) is 7.41. The van der Waals surface area contributed by atoms with Gasteiger partial charge in [0.2, 0.25) is 5.88 Å². The van der Waals surface area contributed by atoms with Crippen molar-refractivity contribution >= 4 is 28.4 Å². The number of aromatic nitrogens is 4. The molecule has 0 amide bonds. The molecule has 0 bridgehead atoms. The maximum atomic E-state index is 13.6. The largest absolute Gasteiger partial charge is 0.506 e. The Kier molecular flexibility index (Phi) is 9.65. The highest BCUT2D eigenvalue weighted by atomic mass is 16.6. The summed E-state index contributed by atoms with van der Waals surface area (Å²) >= 11 is 0. The molecular weight excluding hydrogens is 620 g/mol. The Labute approximate surface area is 273 Å². The van der Waals surface area contributed by atoms with E-state index in [0.717, 1.165) is 18.2 Å². The minimum absolute atomic E-state index is 0.0732. The van der Waals surface area contributed by atoms with Crippen molar-refractivity contribution in [1.82, 2.24) is 19.2 Å². The van der Waals surface area contributed by atoms with Gasteiger partial charge in [0, 0.05) is 30.8 Å². The van der Waals surface area contributed by atoms with E-state index in [1.54, 1.807) is 67.2 Å². The second-order valence-electron chi connectivity index (χ2n) is 11.1. The van der Waals surface area contributed by atoms with Crippen molar-refractivity contribution in [1.29, 1.82) is 0 Å². The number of hydrogen-bond donors (Lipinski definition) is 3. The van der Waals surface area contributed by atoms with Gasteiger partial charge in [-0.2, -0.15) is 9.68 Å². The minimum Gasteiger partial charge on any atom is -0.506 e. The molecule has 5 aromatic rings. The van der Waals surface area contributed by atoms with Gasteiger partial charge in [-0.15, -0.1) is 15.3 Å². The number of aromatic amines is 1. The quantitative estimate of drug-likeness (QED) is 0.0741. The lowest BCUT2D eigenvalue weighted by molar-refractivity contribution is -0.597. The fourth-order valence-corrected chi connectivity index (χ4v) is 4.96. The average molecular weight is 654 g/mol. The molecule has 0 spiro atoms. The predicted molar refractivity (Wildman–Crippen MR) is 176 cm³/mol. The van der Waals surface area contributed by atoms with Gasteiger partial charge < -0.3 is 15.1 Å². The van der Waals surface area contributed by atoms with Crippen molar-refractivity contribution in [2.24, 2.45) is 20.5 Å². The molecule has 0 radical (unpaired) electrons. The molecule has 0 aliphatic carbocycles. The number of benzene rings is 2. The molecule has 5 rings (SSSR count). The lowest BCUT2D eigenvalue weighted by Crippen LogP contribution is -2.40. The van der Waals surface area contributed by atoms with Crippen molar-refractivity contribution in [3.8, 4) is 23.0 Å². The van der Waals surface area contributed by atoms with E-state index in [9.17, 15) is 29.9 Å². The lowest BCUT2D eigenvalue weighted by atomic mass is 10.2. The van der Waals surface area contributed by atoms with Crippen LogP contribution in [0.15, 0.2) is 103 Å². The van der Waals surface area contributed by atoms with Crippen LogP contribution in [0.2, 0.25) is 0 Å². The third-order valence-electron chi connectivity index (χ3n) is 7.41. The molecule has 3 N–H and O–H groups in total. The van der Waals surface area contributed by atoms with Crippen LogP contribution in [0, 0.1) is 24.0 Å². The van der Waals surface area contributed by atoms with E-state index in [4.69, 9.17) is 0 Å². The van der Waals surface area contributed by atoms with Gasteiger partial charge >= 0.3 is 5.56 Å². The highest BCUT2D eigenvalue weighted by Crippen LogP contribution is 2.34. The molecule has 0 saturated carbocycles. The van der Waals surface area contributed by atoms with E-state index < -0.39 is 10.5 Å². The molecule has 16 nitrogen and oxygen atoms in total. The van der Waals surface area contributed by atoms with Gasteiger partial charge in [-0.1, -0.05) is 12.1 Å². The van der Waals surface area contributed by atoms with Crippen LogP contribution in [0.25, 0.3) is 11.4 Å². The number of azo groups is 2. The van der Waals surface area contributed by atoms with Gasteiger partial charge in [0.05, 0.1) is 27.6 Å². The van der Waals surface area contributed by atoms with E-state index in [2.05, 4.69) is 25.6 Å². The van der Waals surface area contributed by atoms with E-state index >= 15 is 0 Å². The molecule has 3 heterocycles. The first kappa shape index (κ1) is 33.1. The topological polar surface area (TPSA) is 200 Å². The first-order valence-electron chi connectivity index (χ1n) is 14.8. The number of nitro benzene ring substituents is 1. The molecule has 0 aliphatic rings. The van der Waals surface area contributed by atoms with E-state index in [0.29, 0.717) is 41.3 Å². The highest BCUT2D eigenvalue weighted by molar-refractivity contribution is 5.60. The first-order chi connectivity index (χ1) is 23.0. The normalized spacial score (nSPS) is 11.7. The summed E-state index contributed by atoms with van der Waals surface area (Å²) in [4.78, 5) is 39.3. The smallest absolute Gasteiger partial charge is 0.326 e. The summed E-state index contributed by atoms with van der Waals surface area (Å²) in [6.45, 7) is 4.26. The SMILES string of the molecule is Cc1[nH]n(-c2cccc(N=Nc3c(C)c(-[n+]4ccccc4)c(=O)n(CCCN(C)C)c3O)c2)c(=O)c1N=Nc1cc([N+](=O)[O-])ccc1O. The summed E-state index contributed by atoms with van der Waals surface area (Å²) < 4.78 is 4.18. The Bertz CT molecular complexity index is 2170. The first-order valence-corrected chi connectivity index (χ1v) is 14.8. The summed E-state index contributed by atoms with van der Waals surface area (Å²) in [7, 11) is 3.85. The van der Waals surface area contributed by atoms with Crippen molar-refractivity contribution in [2.75, 3.05) is 20.6 Å². The Morgan fingerprint density at radius 1 is 0.917 bits per heavy atom. The van der Waals surface area contributed by atoms with Crippen molar-refractivity contribution < 1.29 is 19.7 Å². The van der Waals surface area contributed by atoms with Crippen LogP contribution in [0.5, 0.6) is 11.6 Å². The molecule has 0 aliphatic heterocycles. The lowest BCUT2D eigenvalue weighted by Gasteiger charge is -2.14. The minimum atomic E-state index is -0.635. The van der Waals surface area contributed by atoms with Crippen molar-refractivity contribution in [3.63, 3.8) is 0 Å². The van der Waals surface area contributed by atoms with Crippen molar-refractivity contribution in [3.05, 3.63) is 115 Å². The molecule has 0 unspecified atom stereocenters. The number of aromatic hydroxyl groups is 2. The van der Waals surface area contributed by atoms with Crippen LogP contribution in [-0.2, 0) is 6.54 Å². The molecule has 3 aromatic heterocycles. The Morgan fingerprint density at radius 2 is 1.65 bits per heavy atom. The zero-order valence-corrected chi connectivity index (χ0v) is 26.6. The number of hydrogen-bond acceptors (Lipinski definition) is 11. The number of nitrogens with one attached hydrogen (secondary N) is 1. The average Bonchev–Trinajstić information content (AvgIpc) is 3.34. The van der Waals surface area contributed by atoms with Gasteiger partial charge in [-0.05, 0) is 65.2 Å². The molecule has 0 saturated heterocycles. The number of pyridine rings is 2. The number of phenols is 1. The van der Waals surface area contributed by atoms with E-state index in [1.165, 1.54) is 9.25 Å². The van der Waals surface area contributed by atoms with Gasteiger partial charge in [0.25, 0.3) is 16.9 Å². The summed E-state index contributed by atoms with van der Waals surface area (Å²) in [5, 5.41) is 51.8. The molecule has 48 heavy (non-hydrogen) atoms. The van der Waals surface area contributed by atoms with Gasteiger partial charge in [0.15, 0.2) is 23.8 Å². The Hall–Kier alpha value is -6.29. The number of H-pyrrole nitrogens is 1. The fraction of sp³-hybridized carbons (Fsp3) is 0.219. The molecule has 0 fully saturated rings. The van der Waals surface area contributed by atoms with Gasteiger partial charge in [0.1, 0.15) is 11.4 Å². The van der Waals surface area contributed by atoms with Crippen LogP contribution in [0.1, 0.15) is 17.7 Å². The van der Waals surface area contributed by atoms with Crippen LogP contribution in [0.4, 0.5) is 28.4 Å². The molecule has 16 heteroatoms. The zero-order chi connectivity index (χ0) is 34.5. The number of phenolic OH excluding ortho intramolecular Hbond substituents is 1. The molecule has 0 atom stereocenters. The number of aryl methyl sites for hydroxylation is 1. The molecule has 246 valence electrons. The van der Waals surface area contributed by atoms with Crippen LogP contribution < -0.4 is 15.7 Å². The summed E-state index contributed by atoms with van der Waals surface area (Å²) in [6.07, 6.45) is 4.09. The predicted octanol–water partition coefficient (Wildman–Crippen LogP) is 5.32. The van der Waals surface area contributed by atoms with Crippen LogP contribution in [0.3, 0.4) is 0 Å². The maximum absolute atomic E-state index is 13.6. The molecular formula is C32H33N10O6+. The number of nitrogens with zero attached hydrogens (tertiary/aromatic N) is 9. The highest BCUT2D eigenvalue weighted by Gasteiger charge is 2.25. The zero-order valence-electron chi connectivity index (χ0n) is 26.6. The van der Waals surface area contributed by atoms with Gasteiger partial charge in [-0.25, -0.2) is 4.68 Å². The van der Waals surface area contributed by atoms with Gasteiger partial charge in [-0.3, -0.25) is 29.4 Å². The Balaban J connectivity index is 1.50. The molecule has 2 aromatic carbocycles. The standard InChI is InChI=1S/C32H32N10O6/c1-20-27(30(44)40(17-9-14-38(3)4)32(46)29(20)39-15-6-5-7-16-39)35-33-22-10-8-11-23(18-22)41-31(45)28(21(2)37-41)36-34-25-19-24(42(47)48)12-13-26(25)43/h5-8,10-13,15-16,18-19H,9,14,17H2,1-4H3,(H2-,33,34,35,36,37,43,44,45,46)/p+1. The second-order valence-corrected chi connectivity index (χ2v) is 11.1. The van der Waals surface area contributed by atoms with E-state index in [-0.39, 0.29) is 46.5 Å². The van der Waals surface area contributed by atoms with Crippen LogP contribution >= 0.6 is 0 Å². The maximum Gasteiger partial charge on any atom is 0.326 e. The fourth-order valence-electron chi connectivity index (χ4n) is 4.96. The number of rotatable bonds is 11. The number of non-ortho nitro benzene ring substituents is 1. The Morgan fingerprint density at radius 3 is 2.35 bits per heavy atom. The van der Waals surface area contributed by atoms with Crippen LogP contribution in [-0.4, -0.2) is 55.0 Å². The summed E-state index contributed by atoms with van der Waals surface area (Å²) in [6, 6.07) is 15.3. The summed E-state index contributed by atoms with van der Waals surface area (Å²) in [5.41, 5.74) is 0.480. The van der Waals surface area contributed by atoms with E-state index in [1.807, 2.05) is 25.1 Å². The monoisotopic (exact) mass is 653 g/mol. The second kappa shape index (κ2) is 14.0. The van der Waals surface area contributed by atoms with Crippen molar-refractivity contribution in [2.45, 2.75) is 26.8 Å². The third kappa shape index (κ3) is 6.92.